The second kappa shape index (κ2) is 9.38. The van der Waals surface area contributed by atoms with Crippen LogP contribution in [0.15, 0.2) is 30.3 Å². The Balaban J connectivity index is 0.00000243. The van der Waals surface area contributed by atoms with Crippen molar-refractivity contribution in [2.75, 3.05) is 0 Å². The molecule has 4 N–H and O–H groups in total. The van der Waals surface area contributed by atoms with Crippen LogP contribution in [-0.2, 0) is 16.1 Å². The first kappa shape index (κ1) is 20.7. The van der Waals surface area contributed by atoms with Gasteiger partial charge < -0.3 is 16.4 Å². The molecule has 5 nitrogen and oxygen atoms in total. The molecule has 144 valence electrons. The third kappa shape index (κ3) is 4.98. The van der Waals surface area contributed by atoms with Crippen molar-refractivity contribution in [1.82, 2.24) is 10.6 Å². The number of amides is 2. The zero-order valence-corrected chi connectivity index (χ0v) is 16.1. The van der Waals surface area contributed by atoms with Gasteiger partial charge in [0.25, 0.3) is 0 Å². The molecule has 0 heterocycles. The van der Waals surface area contributed by atoms with Crippen molar-refractivity contribution in [3.63, 3.8) is 0 Å². The van der Waals surface area contributed by atoms with Gasteiger partial charge in [0.15, 0.2) is 0 Å². The number of carbonyl (C=O) groups is 2. The number of halogens is 1. The van der Waals surface area contributed by atoms with Gasteiger partial charge in [-0.25, -0.2) is 0 Å². The van der Waals surface area contributed by atoms with Gasteiger partial charge in [-0.15, -0.1) is 12.4 Å². The number of hydrogen-bond acceptors (Lipinski definition) is 3. The van der Waals surface area contributed by atoms with Crippen molar-refractivity contribution in [2.45, 2.75) is 57.7 Å². The van der Waals surface area contributed by atoms with Crippen molar-refractivity contribution in [3.05, 3.63) is 35.9 Å². The Hall–Kier alpha value is -1.59. The van der Waals surface area contributed by atoms with Crippen molar-refractivity contribution in [3.8, 4) is 0 Å². The Morgan fingerprint density at radius 2 is 1.77 bits per heavy atom. The molecule has 2 aliphatic rings. The van der Waals surface area contributed by atoms with Gasteiger partial charge in [0, 0.05) is 18.5 Å². The van der Waals surface area contributed by atoms with Crippen LogP contribution in [-0.4, -0.2) is 23.9 Å². The second-order valence-corrected chi connectivity index (χ2v) is 7.63. The fourth-order valence-corrected chi connectivity index (χ4v) is 4.34. The molecular weight excluding hydrogens is 350 g/mol. The van der Waals surface area contributed by atoms with E-state index >= 15 is 0 Å². The zero-order valence-electron chi connectivity index (χ0n) is 15.3. The molecule has 1 aromatic rings. The first-order valence-corrected chi connectivity index (χ1v) is 9.42. The SMILES string of the molecule is CC(NC(=O)C1CC2CCCC(C1)C2N)C(=O)NCc1ccccc1.Cl. The van der Waals surface area contributed by atoms with Crippen LogP contribution in [0.25, 0.3) is 0 Å². The van der Waals surface area contributed by atoms with Crippen LogP contribution in [0.5, 0.6) is 0 Å². The van der Waals surface area contributed by atoms with E-state index in [2.05, 4.69) is 10.6 Å². The fourth-order valence-electron chi connectivity index (χ4n) is 4.34. The third-order valence-corrected chi connectivity index (χ3v) is 5.85. The molecule has 2 fully saturated rings. The molecule has 3 atom stereocenters. The van der Waals surface area contributed by atoms with Gasteiger partial charge in [-0.1, -0.05) is 36.8 Å². The lowest BCUT2D eigenvalue weighted by Gasteiger charge is -2.43. The summed E-state index contributed by atoms with van der Waals surface area (Å²) in [4.78, 5) is 24.8. The first-order chi connectivity index (χ1) is 12.0. The summed E-state index contributed by atoms with van der Waals surface area (Å²) in [6.07, 6.45) is 5.22. The van der Waals surface area contributed by atoms with E-state index in [0.29, 0.717) is 18.4 Å². The molecule has 2 bridgehead atoms. The summed E-state index contributed by atoms with van der Waals surface area (Å²) in [6.45, 7) is 2.22. The molecule has 1 aromatic carbocycles. The molecule has 0 saturated heterocycles. The van der Waals surface area contributed by atoms with E-state index in [1.54, 1.807) is 6.92 Å². The summed E-state index contributed by atoms with van der Waals surface area (Å²) >= 11 is 0. The number of nitrogens with two attached hydrogens (primary N) is 1. The highest BCUT2D eigenvalue weighted by atomic mass is 35.5. The quantitative estimate of drug-likeness (QED) is 0.734. The molecule has 3 rings (SSSR count). The van der Waals surface area contributed by atoms with Crippen molar-refractivity contribution in [2.24, 2.45) is 23.5 Å². The molecule has 26 heavy (non-hydrogen) atoms. The molecule has 0 aliphatic heterocycles. The van der Waals surface area contributed by atoms with E-state index in [0.717, 1.165) is 31.2 Å². The highest BCUT2D eigenvalue weighted by Crippen LogP contribution is 2.41. The summed E-state index contributed by atoms with van der Waals surface area (Å²) < 4.78 is 0. The zero-order chi connectivity index (χ0) is 17.8. The molecular formula is C20H30ClN3O2. The molecule has 3 unspecified atom stereocenters. The standard InChI is InChI=1S/C20H29N3O2.ClH/c1-13(19(24)22-12-14-6-3-2-4-7-14)23-20(25)17-10-15-8-5-9-16(11-17)18(15)21;/h2-4,6-7,13,15-18H,5,8-12,21H2,1H3,(H,22,24)(H,23,25);1H. The lowest BCUT2D eigenvalue weighted by molar-refractivity contribution is -0.132. The Labute approximate surface area is 161 Å². The lowest BCUT2D eigenvalue weighted by atomic mass is 9.65. The topological polar surface area (TPSA) is 84.2 Å². The van der Waals surface area contributed by atoms with Gasteiger partial charge in [0.05, 0.1) is 0 Å². The van der Waals surface area contributed by atoms with Crippen LogP contribution in [0.2, 0.25) is 0 Å². The molecule has 2 amide bonds. The maximum atomic E-state index is 12.6. The average molecular weight is 380 g/mol. The summed E-state index contributed by atoms with van der Waals surface area (Å²) in [7, 11) is 0. The summed E-state index contributed by atoms with van der Waals surface area (Å²) in [5, 5.41) is 5.78. The smallest absolute Gasteiger partial charge is 0.242 e. The molecule has 0 radical (unpaired) electrons. The Bertz CT molecular complexity index is 596. The summed E-state index contributed by atoms with van der Waals surface area (Å²) in [5.41, 5.74) is 7.34. The number of carbonyl (C=O) groups excluding carboxylic acids is 2. The molecule has 0 aromatic heterocycles. The fraction of sp³-hybridized carbons (Fsp3) is 0.600. The number of rotatable bonds is 5. The number of nitrogens with one attached hydrogen (secondary N) is 2. The van der Waals surface area contributed by atoms with Gasteiger partial charge in [0.1, 0.15) is 6.04 Å². The second-order valence-electron chi connectivity index (χ2n) is 7.63. The van der Waals surface area contributed by atoms with Crippen molar-refractivity contribution >= 4 is 24.2 Å². The van der Waals surface area contributed by atoms with E-state index in [1.807, 2.05) is 30.3 Å². The number of benzene rings is 1. The minimum Gasteiger partial charge on any atom is -0.350 e. The van der Waals surface area contributed by atoms with Crippen molar-refractivity contribution < 1.29 is 9.59 Å². The number of fused-ring (bicyclic) bond motifs is 2. The Kier molecular flexibility index (Phi) is 7.47. The average Bonchev–Trinajstić information content (AvgIpc) is 2.60. The summed E-state index contributed by atoms with van der Waals surface area (Å²) in [6, 6.07) is 9.49. The monoisotopic (exact) mass is 379 g/mol. The molecule has 0 spiro atoms. The van der Waals surface area contributed by atoms with Crippen LogP contribution >= 0.6 is 12.4 Å². The van der Waals surface area contributed by atoms with Gasteiger partial charge in [0.2, 0.25) is 11.8 Å². The molecule has 2 aliphatic carbocycles. The minimum atomic E-state index is -0.522. The van der Waals surface area contributed by atoms with Gasteiger partial charge >= 0.3 is 0 Å². The third-order valence-electron chi connectivity index (χ3n) is 5.85. The number of hydrogen-bond donors (Lipinski definition) is 3. The molecule has 2 saturated carbocycles. The molecule has 6 heteroatoms. The largest absolute Gasteiger partial charge is 0.350 e. The maximum absolute atomic E-state index is 12.6. The van der Waals surface area contributed by atoms with Crippen LogP contribution < -0.4 is 16.4 Å². The highest BCUT2D eigenvalue weighted by Gasteiger charge is 2.40. The van der Waals surface area contributed by atoms with E-state index in [-0.39, 0.29) is 36.2 Å². The predicted molar refractivity (Wildman–Crippen MR) is 105 cm³/mol. The first-order valence-electron chi connectivity index (χ1n) is 9.42. The van der Waals surface area contributed by atoms with E-state index in [9.17, 15) is 9.59 Å². The van der Waals surface area contributed by atoms with E-state index in [1.165, 1.54) is 6.42 Å². The van der Waals surface area contributed by atoms with Gasteiger partial charge in [-0.05, 0) is 50.0 Å². The highest BCUT2D eigenvalue weighted by molar-refractivity contribution is 5.88. The summed E-state index contributed by atoms with van der Waals surface area (Å²) in [5.74, 6) is 0.784. The van der Waals surface area contributed by atoms with Crippen LogP contribution in [0.1, 0.15) is 44.6 Å². The normalized spacial score (nSPS) is 28.4. The van der Waals surface area contributed by atoms with E-state index < -0.39 is 6.04 Å². The van der Waals surface area contributed by atoms with Crippen molar-refractivity contribution in [1.29, 1.82) is 0 Å². The van der Waals surface area contributed by atoms with Gasteiger partial charge in [-0.3, -0.25) is 9.59 Å². The van der Waals surface area contributed by atoms with Crippen LogP contribution in [0.4, 0.5) is 0 Å². The Morgan fingerprint density at radius 3 is 2.38 bits per heavy atom. The van der Waals surface area contributed by atoms with Crippen LogP contribution in [0.3, 0.4) is 0 Å². The lowest BCUT2D eigenvalue weighted by Crippen LogP contribution is -2.51. The van der Waals surface area contributed by atoms with Crippen LogP contribution in [0, 0.1) is 17.8 Å². The minimum absolute atomic E-state index is 0. The van der Waals surface area contributed by atoms with Gasteiger partial charge in [-0.2, -0.15) is 0 Å². The maximum Gasteiger partial charge on any atom is 0.242 e. The predicted octanol–water partition coefficient (Wildman–Crippen LogP) is 2.38. The Morgan fingerprint density at radius 1 is 1.15 bits per heavy atom. The van der Waals surface area contributed by atoms with E-state index in [4.69, 9.17) is 5.73 Å².